The van der Waals surface area contributed by atoms with Gasteiger partial charge in [-0.05, 0) is 25.1 Å². The van der Waals surface area contributed by atoms with Crippen molar-refractivity contribution in [2.45, 2.75) is 13.0 Å². The number of anilines is 3. The summed E-state index contributed by atoms with van der Waals surface area (Å²) in [4.78, 5) is 22.8. The molecule has 27 heavy (non-hydrogen) atoms. The molecule has 2 aromatic rings. The molecular formula is C18H22ClN5O3. The summed E-state index contributed by atoms with van der Waals surface area (Å²) >= 11 is 6.00. The molecule has 0 aliphatic carbocycles. The summed E-state index contributed by atoms with van der Waals surface area (Å²) in [5.74, 6) is 0.913. The Morgan fingerprint density at radius 1 is 1.52 bits per heavy atom. The van der Waals surface area contributed by atoms with Crippen molar-refractivity contribution < 1.29 is 17.0 Å². The number of carbonyl (C=O) groups is 1. The van der Waals surface area contributed by atoms with Crippen molar-refractivity contribution in [1.82, 2.24) is 14.9 Å². The smallest absolute Gasteiger partial charge is 0.254 e. The van der Waals surface area contributed by atoms with Crippen LogP contribution in [-0.2, 0) is 4.74 Å². The molecule has 8 nitrogen and oxygen atoms in total. The molecule has 1 atom stereocenters. The Hall–Kier alpha value is -2.58. The first-order valence-corrected chi connectivity index (χ1v) is 8.75. The Labute approximate surface area is 165 Å². The minimum absolute atomic E-state index is 0.140. The van der Waals surface area contributed by atoms with E-state index in [1.54, 1.807) is 32.2 Å². The molecule has 3 rings (SSSR count). The number of nitrogens with one attached hydrogen (secondary N) is 2. The third-order valence-corrected chi connectivity index (χ3v) is 4.37. The number of hydrogen-bond donors (Lipinski definition) is 2. The van der Waals surface area contributed by atoms with Crippen LogP contribution in [0.1, 0.15) is 20.0 Å². The Morgan fingerprint density at radius 2 is 2.33 bits per heavy atom. The number of carbonyl (C=O) groups excluding carboxylic acids is 1. The van der Waals surface area contributed by atoms with Gasteiger partial charge in [0, 0.05) is 19.2 Å². The second kappa shape index (κ2) is 8.41. The van der Waals surface area contributed by atoms with E-state index in [1.165, 1.54) is 18.2 Å². The van der Waals surface area contributed by atoms with E-state index < -0.39 is 12.6 Å². The fourth-order valence-electron chi connectivity index (χ4n) is 2.67. The molecule has 1 aromatic heterocycles. The molecule has 1 aliphatic heterocycles. The van der Waals surface area contributed by atoms with Crippen LogP contribution in [0.25, 0.3) is 0 Å². The number of amides is 1. The van der Waals surface area contributed by atoms with Gasteiger partial charge in [0.25, 0.3) is 5.91 Å². The van der Waals surface area contributed by atoms with Gasteiger partial charge in [-0.2, -0.15) is 4.98 Å². The number of hydrogen-bond acceptors (Lipinski definition) is 7. The van der Waals surface area contributed by atoms with Crippen molar-refractivity contribution >= 4 is 35.0 Å². The van der Waals surface area contributed by atoms with E-state index in [2.05, 4.69) is 20.6 Å². The second-order valence-corrected chi connectivity index (χ2v) is 6.23. The summed E-state index contributed by atoms with van der Waals surface area (Å²) in [6.45, 7) is 0.187. The normalized spacial score (nSPS) is 19.7. The van der Waals surface area contributed by atoms with E-state index in [9.17, 15) is 4.79 Å². The van der Waals surface area contributed by atoms with Crippen LogP contribution in [0.4, 0.5) is 17.5 Å². The highest BCUT2D eigenvalue weighted by atomic mass is 35.5. The molecular weight excluding hydrogens is 370 g/mol. The summed E-state index contributed by atoms with van der Waals surface area (Å²) < 4.78 is 26.3. The Bertz CT molecular complexity index is 915. The van der Waals surface area contributed by atoms with E-state index in [4.69, 9.17) is 23.8 Å². The third-order valence-electron chi connectivity index (χ3n) is 4.09. The van der Waals surface area contributed by atoms with Gasteiger partial charge in [0.2, 0.25) is 5.95 Å². The minimum Gasteiger partial charge on any atom is -0.495 e. The van der Waals surface area contributed by atoms with Crippen LogP contribution in [-0.4, -0.2) is 60.7 Å². The van der Waals surface area contributed by atoms with Crippen LogP contribution >= 0.6 is 11.6 Å². The molecule has 0 unspecified atom stereocenters. The van der Waals surface area contributed by atoms with E-state index >= 15 is 0 Å². The Morgan fingerprint density at radius 3 is 3.07 bits per heavy atom. The molecule has 2 heterocycles. The number of aromatic nitrogens is 2. The van der Waals surface area contributed by atoms with Gasteiger partial charge >= 0.3 is 0 Å². The zero-order valence-electron chi connectivity index (χ0n) is 17.2. The monoisotopic (exact) mass is 393 g/mol. The van der Waals surface area contributed by atoms with E-state index in [0.29, 0.717) is 40.3 Å². The molecule has 1 amide bonds. The van der Waals surface area contributed by atoms with Crippen molar-refractivity contribution in [3.63, 3.8) is 0 Å². The molecule has 1 aromatic carbocycles. The zero-order valence-corrected chi connectivity index (χ0v) is 16.0. The minimum atomic E-state index is -1.89. The standard InChI is InChI=1S/C18H22ClN5O3/c1-11-10-27-7-6-24(11)17(25)12-4-5-14(15(8-12)26-3)22-18-21-9-13(19)16(20-2)23-18/h4-5,8-9,11H,6-7,10H2,1-3H3,(H2,20,21,22,23)/t11-/m0/s1/i10D2. The lowest BCUT2D eigenvalue weighted by Gasteiger charge is -2.33. The van der Waals surface area contributed by atoms with Crippen molar-refractivity contribution in [3.05, 3.63) is 35.0 Å². The van der Waals surface area contributed by atoms with Crippen LogP contribution in [0.3, 0.4) is 0 Å². The number of nitrogens with zero attached hydrogens (tertiary/aromatic N) is 3. The topological polar surface area (TPSA) is 88.6 Å². The summed E-state index contributed by atoms with van der Waals surface area (Å²) in [5.41, 5.74) is 0.948. The van der Waals surface area contributed by atoms with Crippen molar-refractivity contribution in [1.29, 1.82) is 0 Å². The predicted octanol–water partition coefficient (Wildman–Crippen LogP) is 2.78. The molecule has 0 saturated carbocycles. The lowest BCUT2D eigenvalue weighted by molar-refractivity contribution is 0.00358. The van der Waals surface area contributed by atoms with Crippen molar-refractivity contribution in [2.75, 3.05) is 44.5 Å². The van der Waals surface area contributed by atoms with Crippen LogP contribution in [0.15, 0.2) is 24.4 Å². The Balaban J connectivity index is 1.84. The molecule has 1 aliphatic rings. The first-order chi connectivity index (χ1) is 13.8. The average Bonchev–Trinajstić information content (AvgIpc) is 2.71. The molecule has 1 saturated heterocycles. The van der Waals surface area contributed by atoms with Gasteiger partial charge in [-0.3, -0.25) is 4.79 Å². The maximum absolute atomic E-state index is 12.9. The van der Waals surface area contributed by atoms with Crippen LogP contribution < -0.4 is 15.4 Å². The summed E-state index contributed by atoms with van der Waals surface area (Å²) in [7, 11) is 3.19. The zero-order chi connectivity index (χ0) is 21.2. The molecule has 144 valence electrons. The predicted molar refractivity (Wildman–Crippen MR) is 104 cm³/mol. The first kappa shape index (κ1) is 16.6. The maximum Gasteiger partial charge on any atom is 0.254 e. The molecule has 0 bridgehead atoms. The molecule has 1 fully saturated rings. The van der Waals surface area contributed by atoms with E-state index in [1.807, 2.05) is 0 Å². The van der Waals surface area contributed by atoms with E-state index in [0.717, 1.165) is 0 Å². The van der Waals surface area contributed by atoms with Gasteiger partial charge in [0.1, 0.15) is 16.6 Å². The third kappa shape index (κ3) is 4.23. The average molecular weight is 394 g/mol. The summed E-state index contributed by atoms with van der Waals surface area (Å²) in [6, 6.07) is 4.20. The largest absolute Gasteiger partial charge is 0.495 e. The molecule has 0 spiro atoms. The highest BCUT2D eigenvalue weighted by Gasteiger charge is 2.25. The fourth-order valence-corrected chi connectivity index (χ4v) is 2.86. The Kier molecular flexibility index (Phi) is 5.16. The summed E-state index contributed by atoms with van der Waals surface area (Å²) in [5, 5.41) is 6.31. The fraction of sp³-hybridized carbons (Fsp3) is 0.389. The highest BCUT2D eigenvalue weighted by molar-refractivity contribution is 6.32. The van der Waals surface area contributed by atoms with Gasteiger partial charge in [-0.15, -0.1) is 0 Å². The van der Waals surface area contributed by atoms with Gasteiger partial charge in [-0.25, -0.2) is 4.98 Å². The molecule has 9 heteroatoms. The van der Waals surface area contributed by atoms with Gasteiger partial charge in [-0.1, -0.05) is 11.6 Å². The van der Waals surface area contributed by atoms with Crippen LogP contribution in [0, 0.1) is 0 Å². The van der Waals surface area contributed by atoms with Crippen molar-refractivity contribution in [2.24, 2.45) is 0 Å². The number of benzene rings is 1. The lowest BCUT2D eigenvalue weighted by Crippen LogP contribution is -2.47. The SMILES string of the molecule is [2H]C1([2H])OCCN(C(=O)c2ccc(Nc3ncc(Cl)c(NC)n3)c(OC)c2)[C@H]1C. The second-order valence-electron chi connectivity index (χ2n) is 5.82. The molecule has 0 radical (unpaired) electrons. The number of methoxy groups -OCH3 is 1. The maximum atomic E-state index is 12.9. The number of morpholine rings is 1. The van der Waals surface area contributed by atoms with E-state index in [-0.39, 0.29) is 12.5 Å². The van der Waals surface area contributed by atoms with Crippen molar-refractivity contribution in [3.8, 4) is 5.75 Å². The van der Waals surface area contributed by atoms with Gasteiger partial charge in [0.15, 0.2) is 0 Å². The number of halogens is 1. The quantitative estimate of drug-likeness (QED) is 0.807. The van der Waals surface area contributed by atoms with Gasteiger partial charge in [0.05, 0.1) is 40.9 Å². The first-order valence-electron chi connectivity index (χ1n) is 9.37. The number of ether oxygens (including phenoxy) is 2. The lowest BCUT2D eigenvalue weighted by atomic mass is 10.1. The summed E-state index contributed by atoms with van der Waals surface area (Å²) in [6.07, 6.45) is 1.47. The molecule has 2 N–H and O–H groups in total. The van der Waals surface area contributed by atoms with Crippen LogP contribution in [0.5, 0.6) is 5.75 Å². The highest BCUT2D eigenvalue weighted by Crippen LogP contribution is 2.29. The number of rotatable bonds is 5. The van der Waals surface area contributed by atoms with Gasteiger partial charge < -0.3 is 25.0 Å². The van der Waals surface area contributed by atoms with Crippen LogP contribution in [0.2, 0.25) is 5.02 Å².